The van der Waals surface area contributed by atoms with Gasteiger partial charge in [-0.2, -0.15) is 24.9 Å². The highest BCUT2D eigenvalue weighted by Gasteiger charge is 2.33. The Morgan fingerprint density at radius 3 is 2.53 bits per heavy atom. The summed E-state index contributed by atoms with van der Waals surface area (Å²) in [5.74, 6) is 0.289. The Hall–Kier alpha value is -1.13. The molecule has 2 rings (SSSR count). The summed E-state index contributed by atoms with van der Waals surface area (Å²) in [4.78, 5) is 12.2. The Morgan fingerprint density at radius 1 is 1.27 bits per heavy atom. The van der Waals surface area contributed by atoms with Crippen molar-refractivity contribution in [2.45, 2.75) is 50.0 Å². The molecule has 0 spiro atoms. The van der Waals surface area contributed by atoms with E-state index in [0.717, 1.165) is 30.6 Å². The van der Waals surface area contributed by atoms with Crippen LogP contribution in [0.2, 0.25) is 5.02 Å². The van der Waals surface area contributed by atoms with Crippen LogP contribution in [0.4, 0.5) is 18.9 Å². The highest BCUT2D eigenvalue weighted by Crippen LogP contribution is 2.36. The third-order valence-corrected chi connectivity index (χ3v) is 7.69. The maximum Gasteiger partial charge on any atom is 0.416 e. The van der Waals surface area contributed by atoms with Gasteiger partial charge in [-0.3, -0.25) is 9.10 Å². The lowest BCUT2D eigenvalue weighted by Gasteiger charge is -2.24. The normalized spacial score (nSPS) is 15.8. The Balaban J connectivity index is 1.94. The minimum atomic E-state index is -4.67. The van der Waals surface area contributed by atoms with Crippen molar-refractivity contribution in [1.29, 1.82) is 0 Å². The van der Waals surface area contributed by atoms with Crippen molar-refractivity contribution in [1.82, 2.24) is 5.32 Å². The van der Waals surface area contributed by atoms with Crippen molar-refractivity contribution in [3.8, 4) is 0 Å². The lowest BCUT2D eigenvalue weighted by atomic mass is 10.0. The molecule has 0 bridgehead atoms. The average Bonchev–Trinajstić information content (AvgIpc) is 2.65. The second-order valence-electron chi connectivity index (χ2n) is 7.27. The number of amides is 1. The quantitative estimate of drug-likeness (QED) is 0.514. The Morgan fingerprint density at radius 2 is 1.93 bits per heavy atom. The van der Waals surface area contributed by atoms with E-state index >= 15 is 0 Å². The zero-order chi connectivity index (χ0) is 22.4. The van der Waals surface area contributed by atoms with Crippen molar-refractivity contribution < 1.29 is 26.4 Å². The highest BCUT2D eigenvalue weighted by molar-refractivity contribution is 7.99. The van der Waals surface area contributed by atoms with Gasteiger partial charge in [0.1, 0.15) is 6.54 Å². The maximum atomic E-state index is 13.0. The van der Waals surface area contributed by atoms with E-state index in [0.29, 0.717) is 22.2 Å². The fourth-order valence-electron chi connectivity index (χ4n) is 3.23. The Labute approximate surface area is 184 Å². The van der Waals surface area contributed by atoms with Crippen molar-refractivity contribution in [2.75, 3.05) is 29.4 Å². The van der Waals surface area contributed by atoms with Crippen molar-refractivity contribution >= 4 is 45.0 Å². The third-order valence-electron chi connectivity index (χ3n) is 4.78. The van der Waals surface area contributed by atoms with Gasteiger partial charge in [0.25, 0.3) is 0 Å². The number of anilines is 1. The van der Waals surface area contributed by atoms with E-state index in [9.17, 15) is 26.4 Å². The molecule has 0 saturated heterocycles. The molecular weight excluding hydrogens is 461 g/mol. The Kier molecular flexibility index (Phi) is 9.17. The second kappa shape index (κ2) is 10.9. The molecule has 1 aromatic rings. The summed E-state index contributed by atoms with van der Waals surface area (Å²) in [6.45, 7) is -0.276. The smallest absolute Gasteiger partial charge is 0.354 e. The monoisotopic (exact) mass is 486 g/mol. The van der Waals surface area contributed by atoms with E-state index in [1.165, 1.54) is 32.1 Å². The number of hydrogen-bond donors (Lipinski definition) is 1. The molecule has 1 fully saturated rings. The molecule has 1 saturated carbocycles. The summed E-state index contributed by atoms with van der Waals surface area (Å²) < 4.78 is 63.9. The summed E-state index contributed by atoms with van der Waals surface area (Å²) in [6, 6.07) is 2.37. The molecule has 30 heavy (non-hydrogen) atoms. The molecule has 0 unspecified atom stereocenters. The molecule has 0 aliphatic heterocycles. The van der Waals surface area contributed by atoms with Gasteiger partial charge < -0.3 is 5.32 Å². The molecular formula is C19H26ClF3N2O3S2. The molecule has 0 heterocycles. The average molecular weight is 487 g/mol. The fraction of sp³-hybridized carbons (Fsp3) is 0.632. The number of hydrogen-bond acceptors (Lipinski definition) is 4. The number of sulfonamides is 1. The molecule has 5 nitrogen and oxygen atoms in total. The van der Waals surface area contributed by atoms with Crippen LogP contribution in [0.1, 0.15) is 44.1 Å². The third kappa shape index (κ3) is 7.85. The molecule has 0 atom stereocenters. The van der Waals surface area contributed by atoms with Crippen LogP contribution in [0.25, 0.3) is 0 Å². The topological polar surface area (TPSA) is 66.5 Å². The largest absolute Gasteiger partial charge is 0.416 e. The molecule has 0 radical (unpaired) electrons. The number of benzene rings is 1. The van der Waals surface area contributed by atoms with Crippen molar-refractivity contribution in [3.05, 3.63) is 28.8 Å². The molecule has 1 N–H and O–H groups in total. The summed E-state index contributed by atoms with van der Waals surface area (Å²) in [7, 11) is -4.03. The summed E-state index contributed by atoms with van der Waals surface area (Å²) in [5, 5.41) is 3.11. The van der Waals surface area contributed by atoms with Crippen LogP contribution in [0.5, 0.6) is 0 Å². The van der Waals surface area contributed by atoms with Crippen molar-refractivity contribution in [2.24, 2.45) is 0 Å². The number of nitrogens with one attached hydrogen (secondary N) is 1. The predicted octanol–water partition coefficient (Wildman–Crippen LogP) is 4.70. The van der Waals surface area contributed by atoms with Gasteiger partial charge in [0.05, 0.1) is 22.5 Å². The van der Waals surface area contributed by atoms with Gasteiger partial charge in [0.2, 0.25) is 15.9 Å². The van der Waals surface area contributed by atoms with Crippen LogP contribution < -0.4 is 9.62 Å². The number of alkyl halides is 3. The first-order valence-electron chi connectivity index (χ1n) is 9.71. The van der Waals surface area contributed by atoms with Gasteiger partial charge >= 0.3 is 6.18 Å². The zero-order valence-electron chi connectivity index (χ0n) is 16.7. The van der Waals surface area contributed by atoms with E-state index in [-0.39, 0.29) is 10.7 Å². The van der Waals surface area contributed by atoms with Crippen LogP contribution in [0.3, 0.4) is 0 Å². The van der Waals surface area contributed by atoms with Gasteiger partial charge in [-0.1, -0.05) is 30.9 Å². The standard InChI is InChI=1S/C19H26ClF3N2O3S2/c1-30(27,28)25(17-12-14(19(21,22)23)8-9-16(17)20)13-18(26)24-10-5-11-29-15-6-3-2-4-7-15/h8-9,12,15H,2-7,10-11,13H2,1H3,(H,24,26). The summed E-state index contributed by atoms with van der Waals surface area (Å²) in [6.07, 6.45) is 3.13. The van der Waals surface area contributed by atoms with Crippen LogP contribution in [0, 0.1) is 0 Å². The lowest BCUT2D eigenvalue weighted by molar-refractivity contribution is -0.137. The SMILES string of the molecule is CS(=O)(=O)N(CC(=O)NCCCSC1CCCCC1)c1cc(C(F)(F)F)ccc1Cl. The molecule has 1 aliphatic rings. The highest BCUT2D eigenvalue weighted by atomic mass is 35.5. The number of rotatable bonds is 9. The molecule has 0 aromatic heterocycles. The molecule has 1 amide bonds. The van der Waals surface area contributed by atoms with Gasteiger partial charge in [-0.05, 0) is 43.2 Å². The lowest BCUT2D eigenvalue weighted by Crippen LogP contribution is -2.41. The fourth-order valence-corrected chi connectivity index (χ4v) is 5.67. The predicted molar refractivity (Wildman–Crippen MR) is 116 cm³/mol. The first-order chi connectivity index (χ1) is 14.0. The second-order valence-corrected chi connectivity index (χ2v) is 11.0. The van der Waals surface area contributed by atoms with Crippen molar-refractivity contribution in [3.63, 3.8) is 0 Å². The van der Waals surface area contributed by atoms with E-state index in [1.54, 1.807) is 0 Å². The van der Waals surface area contributed by atoms with Gasteiger partial charge in [0.15, 0.2) is 0 Å². The van der Waals surface area contributed by atoms with Gasteiger partial charge in [0, 0.05) is 11.8 Å². The Bertz CT molecular complexity index is 829. The summed E-state index contributed by atoms with van der Waals surface area (Å²) in [5.41, 5.74) is -1.42. The molecule has 1 aromatic carbocycles. The number of halogens is 4. The van der Waals surface area contributed by atoms with E-state index in [2.05, 4.69) is 5.32 Å². The number of carbonyl (C=O) groups excluding carboxylic acids is 1. The zero-order valence-corrected chi connectivity index (χ0v) is 19.1. The van der Waals surface area contributed by atoms with Crippen LogP contribution in [0.15, 0.2) is 18.2 Å². The van der Waals surface area contributed by atoms with E-state index in [1.807, 2.05) is 11.8 Å². The van der Waals surface area contributed by atoms with E-state index in [4.69, 9.17) is 11.6 Å². The number of nitrogens with zero attached hydrogens (tertiary/aromatic N) is 1. The molecule has 170 valence electrons. The summed E-state index contributed by atoms with van der Waals surface area (Å²) >= 11 is 7.83. The number of carbonyl (C=O) groups is 1. The van der Waals surface area contributed by atoms with Gasteiger partial charge in [-0.25, -0.2) is 8.42 Å². The van der Waals surface area contributed by atoms with Gasteiger partial charge in [-0.15, -0.1) is 0 Å². The van der Waals surface area contributed by atoms with Crippen LogP contribution in [-0.4, -0.2) is 44.7 Å². The van der Waals surface area contributed by atoms with Crippen LogP contribution >= 0.6 is 23.4 Å². The first kappa shape index (κ1) is 25.1. The minimum Gasteiger partial charge on any atom is -0.354 e. The minimum absolute atomic E-state index is 0.190. The first-order valence-corrected chi connectivity index (χ1v) is 13.0. The van der Waals surface area contributed by atoms with E-state index < -0.39 is 34.2 Å². The van der Waals surface area contributed by atoms with Crippen LogP contribution in [-0.2, 0) is 21.0 Å². The molecule has 1 aliphatic carbocycles. The maximum absolute atomic E-state index is 13.0. The molecule has 11 heteroatoms. The number of thioether (sulfide) groups is 1.